The van der Waals surface area contributed by atoms with Gasteiger partial charge < -0.3 is 4.74 Å². The second-order valence-corrected chi connectivity index (χ2v) is 4.96. The zero-order valence-electron chi connectivity index (χ0n) is 11.4. The van der Waals surface area contributed by atoms with E-state index in [1.54, 1.807) is 0 Å². The van der Waals surface area contributed by atoms with Gasteiger partial charge in [-0.3, -0.25) is 4.57 Å². The summed E-state index contributed by atoms with van der Waals surface area (Å²) in [6, 6.07) is 20.3. The molecule has 0 bridgehead atoms. The van der Waals surface area contributed by atoms with E-state index >= 15 is 0 Å². The van der Waals surface area contributed by atoms with Gasteiger partial charge in [-0.1, -0.05) is 60.7 Å². The van der Waals surface area contributed by atoms with Crippen molar-refractivity contribution >= 4 is 12.0 Å². The molecule has 4 rings (SSSR count). The Kier molecular flexibility index (Phi) is 2.82. The summed E-state index contributed by atoms with van der Waals surface area (Å²) in [5, 5.41) is 0. The van der Waals surface area contributed by atoms with E-state index in [9.17, 15) is 0 Å². The van der Waals surface area contributed by atoms with Crippen LogP contribution in [0, 0.1) is 0 Å². The Morgan fingerprint density at radius 1 is 0.952 bits per heavy atom. The summed E-state index contributed by atoms with van der Waals surface area (Å²) in [4.78, 5) is 4.44. The van der Waals surface area contributed by atoms with E-state index in [-0.39, 0.29) is 6.10 Å². The molecule has 1 aromatic heterocycles. The summed E-state index contributed by atoms with van der Waals surface area (Å²) in [6.45, 7) is 0. The molecule has 3 aromatic rings. The van der Waals surface area contributed by atoms with Gasteiger partial charge in [0.15, 0.2) is 11.9 Å². The van der Waals surface area contributed by atoms with E-state index in [2.05, 4.69) is 29.2 Å². The number of ether oxygens (including phenoxy) is 1. The molecule has 1 atom stereocenters. The molecule has 0 aliphatic carbocycles. The van der Waals surface area contributed by atoms with E-state index < -0.39 is 0 Å². The van der Waals surface area contributed by atoms with Crippen molar-refractivity contribution < 1.29 is 4.74 Å². The van der Waals surface area contributed by atoms with Crippen LogP contribution in [0.4, 0.5) is 0 Å². The summed E-state index contributed by atoms with van der Waals surface area (Å²) in [6.07, 6.45) is 5.64. The predicted molar refractivity (Wildman–Crippen MR) is 82.2 cm³/mol. The fourth-order valence-corrected chi connectivity index (χ4v) is 2.57. The first-order valence-electron chi connectivity index (χ1n) is 6.94. The topological polar surface area (TPSA) is 27.1 Å². The molecule has 0 N–H and O–H groups in total. The van der Waals surface area contributed by atoms with Crippen molar-refractivity contribution in [3.05, 3.63) is 90.0 Å². The van der Waals surface area contributed by atoms with Crippen molar-refractivity contribution in [2.45, 2.75) is 6.10 Å². The van der Waals surface area contributed by atoms with Crippen LogP contribution in [0.15, 0.2) is 73.1 Å². The number of hydrogen-bond donors (Lipinski definition) is 0. The molecular formula is C18H14N2O. The van der Waals surface area contributed by atoms with Crippen molar-refractivity contribution in [3.8, 4) is 0 Å². The van der Waals surface area contributed by atoms with Crippen molar-refractivity contribution in [1.29, 1.82) is 0 Å². The first kappa shape index (κ1) is 12.0. The van der Waals surface area contributed by atoms with Gasteiger partial charge in [-0.25, -0.2) is 4.98 Å². The maximum Gasteiger partial charge on any atom is 0.200 e. The molecule has 1 aliphatic rings. The standard InChI is InChI=1S/C18H14N2O/c1-3-7-14(8-4-1)13-16-20-12-11-19-18(20)17(21-16)15-9-5-2-6-10-15/h1-13,17H/b16-13-. The lowest BCUT2D eigenvalue weighted by Gasteiger charge is -2.09. The van der Waals surface area contributed by atoms with E-state index in [1.165, 1.54) is 0 Å². The first-order chi connectivity index (χ1) is 10.4. The van der Waals surface area contributed by atoms with Crippen molar-refractivity contribution in [2.24, 2.45) is 0 Å². The van der Waals surface area contributed by atoms with Crippen LogP contribution in [-0.2, 0) is 4.74 Å². The minimum atomic E-state index is -0.142. The molecule has 0 saturated heterocycles. The van der Waals surface area contributed by atoms with Gasteiger partial charge in [-0.15, -0.1) is 0 Å². The highest BCUT2D eigenvalue weighted by Crippen LogP contribution is 2.36. The van der Waals surface area contributed by atoms with Crippen LogP contribution in [0.1, 0.15) is 23.1 Å². The molecule has 0 radical (unpaired) electrons. The fraction of sp³-hybridized carbons (Fsp3) is 0.0556. The Bertz CT molecular complexity index is 775. The van der Waals surface area contributed by atoms with Gasteiger partial charge in [-0.05, 0) is 5.56 Å². The molecule has 3 nitrogen and oxygen atoms in total. The van der Waals surface area contributed by atoms with Crippen LogP contribution in [0.5, 0.6) is 0 Å². The molecule has 21 heavy (non-hydrogen) atoms. The van der Waals surface area contributed by atoms with E-state index in [1.807, 2.05) is 59.4 Å². The molecule has 3 heteroatoms. The van der Waals surface area contributed by atoms with Crippen molar-refractivity contribution in [1.82, 2.24) is 9.55 Å². The normalized spacial score (nSPS) is 18.5. The Labute approximate surface area is 123 Å². The van der Waals surface area contributed by atoms with Crippen LogP contribution >= 0.6 is 0 Å². The number of fused-ring (bicyclic) bond motifs is 1. The molecule has 0 fully saturated rings. The maximum absolute atomic E-state index is 6.12. The molecule has 0 saturated carbocycles. The highest BCUT2D eigenvalue weighted by Gasteiger charge is 2.30. The minimum Gasteiger partial charge on any atom is -0.462 e. The second-order valence-electron chi connectivity index (χ2n) is 4.96. The quantitative estimate of drug-likeness (QED) is 0.707. The van der Waals surface area contributed by atoms with Crippen LogP contribution in [0.2, 0.25) is 0 Å². The third-order valence-corrected chi connectivity index (χ3v) is 3.57. The summed E-state index contributed by atoms with van der Waals surface area (Å²) in [5.74, 6) is 1.73. The van der Waals surface area contributed by atoms with Gasteiger partial charge in [0.1, 0.15) is 0 Å². The molecule has 1 unspecified atom stereocenters. The molecule has 102 valence electrons. The number of rotatable bonds is 2. The maximum atomic E-state index is 6.12. The molecule has 0 amide bonds. The Morgan fingerprint density at radius 2 is 1.67 bits per heavy atom. The van der Waals surface area contributed by atoms with Gasteiger partial charge in [0.25, 0.3) is 0 Å². The van der Waals surface area contributed by atoms with Crippen LogP contribution < -0.4 is 0 Å². The number of aromatic nitrogens is 2. The van der Waals surface area contributed by atoms with Gasteiger partial charge in [-0.2, -0.15) is 0 Å². The lowest BCUT2D eigenvalue weighted by atomic mass is 10.1. The average molecular weight is 274 g/mol. The lowest BCUT2D eigenvalue weighted by molar-refractivity contribution is 0.224. The van der Waals surface area contributed by atoms with Gasteiger partial charge in [0.2, 0.25) is 5.88 Å². The lowest BCUT2D eigenvalue weighted by Crippen LogP contribution is -1.99. The summed E-state index contributed by atoms with van der Waals surface area (Å²) in [7, 11) is 0. The van der Waals surface area contributed by atoms with Crippen LogP contribution in [0.25, 0.3) is 12.0 Å². The van der Waals surface area contributed by atoms with E-state index in [4.69, 9.17) is 4.74 Å². The van der Waals surface area contributed by atoms with Crippen molar-refractivity contribution in [2.75, 3.05) is 0 Å². The highest BCUT2D eigenvalue weighted by atomic mass is 16.5. The molecule has 0 spiro atoms. The minimum absolute atomic E-state index is 0.142. The van der Waals surface area contributed by atoms with E-state index in [0.717, 1.165) is 22.8 Å². The fourth-order valence-electron chi connectivity index (χ4n) is 2.57. The number of hydrogen-bond acceptors (Lipinski definition) is 2. The van der Waals surface area contributed by atoms with Gasteiger partial charge >= 0.3 is 0 Å². The predicted octanol–water partition coefficient (Wildman–Crippen LogP) is 3.96. The van der Waals surface area contributed by atoms with Gasteiger partial charge in [0.05, 0.1) is 0 Å². The molecular weight excluding hydrogens is 260 g/mol. The summed E-state index contributed by atoms with van der Waals surface area (Å²) in [5.41, 5.74) is 2.22. The molecule has 2 aromatic carbocycles. The third kappa shape index (κ3) is 2.13. The highest BCUT2D eigenvalue weighted by molar-refractivity contribution is 5.69. The third-order valence-electron chi connectivity index (χ3n) is 3.57. The Morgan fingerprint density at radius 3 is 2.43 bits per heavy atom. The molecule has 2 heterocycles. The Hall–Kier alpha value is -2.81. The Balaban J connectivity index is 1.76. The number of benzene rings is 2. The molecule has 1 aliphatic heterocycles. The van der Waals surface area contributed by atoms with Crippen LogP contribution in [-0.4, -0.2) is 9.55 Å². The van der Waals surface area contributed by atoms with Crippen LogP contribution in [0.3, 0.4) is 0 Å². The number of imidazole rings is 1. The largest absolute Gasteiger partial charge is 0.462 e. The second kappa shape index (κ2) is 4.94. The average Bonchev–Trinajstić information content (AvgIpc) is 3.13. The monoisotopic (exact) mass is 274 g/mol. The van der Waals surface area contributed by atoms with E-state index in [0.29, 0.717) is 0 Å². The summed E-state index contributed by atoms with van der Waals surface area (Å²) < 4.78 is 8.13. The number of nitrogens with zero attached hydrogens (tertiary/aromatic N) is 2. The SMILES string of the molecule is C(=C1/OC(c2ccccc2)c2nccn21)/c1ccccc1. The van der Waals surface area contributed by atoms with Gasteiger partial charge in [0, 0.05) is 24.0 Å². The smallest absolute Gasteiger partial charge is 0.200 e. The first-order valence-corrected chi connectivity index (χ1v) is 6.94. The zero-order valence-corrected chi connectivity index (χ0v) is 11.4. The summed E-state index contributed by atoms with van der Waals surface area (Å²) >= 11 is 0. The van der Waals surface area contributed by atoms with Crippen molar-refractivity contribution in [3.63, 3.8) is 0 Å². The zero-order chi connectivity index (χ0) is 14.1.